The third-order valence-electron chi connectivity index (χ3n) is 3.59. The SMILES string of the molecule is CC.Cc1cccc(Cn2ncc3cc(C(C)C)ccc32)n1. The second-order valence-corrected chi connectivity index (χ2v) is 5.55. The van der Waals surface area contributed by atoms with Gasteiger partial charge in [0.05, 0.1) is 24.0 Å². The Morgan fingerprint density at radius 2 is 1.86 bits per heavy atom. The maximum Gasteiger partial charge on any atom is 0.0838 e. The molecule has 0 amide bonds. The second-order valence-electron chi connectivity index (χ2n) is 5.55. The van der Waals surface area contributed by atoms with Crippen molar-refractivity contribution < 1.29 is 0 Å². The molecule has 0 aliphatic rings. The Labute approximate surface area is 133 Å². The molecule has 3 rings (SSSR count). The number of pyridine rings is 1. The largest absolute Gasteiger partial charge is 0.259 e. The van der Waals surface area contributed by atoms with E-state index in [-0.39, 0.29) is 0 Å². The predicted molar refractivity (Wildman–Crippen MR) is 93.2 cm³/mol. The molecule has 2 heterocycles. The summed E-state index contributed by atoms with van der Waals surface area (Å²) in [6.45, 7) is 11.1. The summed E-state index contributed by atoms with van der Waals surface area (Å²) < 4.78 is 2.02. The summed E-state index contributed by atoms with van der Waals surface area (Å²) in [6, 6.07) is 12.7. The average molecular weight is 295 g/mol. The minimum absolute atomic E-state index is 0.543. The number of fused-ring (bicyclic) bond motifs is 1. The number of rotatable bonds is 3. The normalized spacial score (nSPS) is 10.6. The number of benzene rings is 1. The van der Waals surface area contributed by atoms with Crippen LogP contribution in [0.3, 0.4) is 0 Å². The molecule has 0 saturated heterocycles. The molecule has 0 spiro atoms. The maximum absolute atomic E-state index is 4.54. The molecule has 0 radical (unpaired) electrons. The summed E-state index contributed by atoms with van der Waals surface area (Å²) in [5.74, 6) is 0.543. The molecule has 3 heteroatoms. The van der Waals surface area contributed by atoms with Crippen LogP contribution in [-0.2, 0) is 6.54 Å². The molecule has 0 saturated carbocycles. The molecule has 2 aromatic heterocycles. The Balaban J connectivity index is 0.000000847. The molecule has 0 fully saturated rings. The lowest BCUT2D eigenvalue weighted by atomic mass is 10.0. The van der Waals surface area contributed by atoms with Crippen molar-refractivity contribution >= 4 is 10.9 Å². The molecule has 0 unspecified atom stereocenters. The number of aryl methyl sites for hydroxylation is 1. The van der Waals surface area contributed by atoms with E-state index >= 15 is 0 Å². The predicted octanol–water partition coefficient (Wildman–Crippen LogP) is 4.94. The Kier molecular flexibility index (Phi) is 5.31. The van der Waals surface area contributed by atoms with Crippen LogP contribution in [0.2, 0.25) is 0 Å². The van der Waals surface area contributed by atoms with Gasteiger partial charge in [0.1, 0.15) is 0 Å². The van der Waals surface area contributed by atoms with Crippen molar-refractivity contribution in [2.24, 2.45) is 0 Å². The highest BCUT2D eigenvalue weighted by atomic mass is 15.3. The highest BCUT2D eigenvalue weighted by Crippen LogP contribution is 2.21. The lowest BCUT2D eigenvalue weighted by molar-refractivity contribution is 0.694. The minimum Gasteiger partial charge on any atom is -0.259 e. The van der Waals surface area contributed by atoms with Gasteiger partial charge in [-0.1, -0.05) is 39.8 Å². The van der Waals surface area contributed by atoms with Gasteiger partial charge in [0, 0.05) is 11.1 Å². The highest BCUT2D eigenvalue weighted by Gasteiger charge is 2.06. The minimum atomic E-state index is 0.543. The molecule has 3 nitrogen and oxygen atoms in total. The van der Waals surface area contributed by atoms with Gasteiger partial charge >= 0.3 is 0 Å². The van der Waals surface area contributed by atoms with E-state index in [1.807, 2.05) is 49.8 Å². The number of hydrogen-bond donors (Lipinski definition) is 0. The monoisotopic (exact) mass is 295 g/mol. The smallest absolute Gasteiger partial charge is 0.0838 e. The van der Waals surface area contributed by atoms with Crippen molar-refractivity contribution in [3.8, 4) is 0 Å². The van der Waals surface area contributed by atoms with Crippen LogP contribution in [0.4, 0.5) is 0 Å². The summed E-state index contributed by atoms with van der Waals surface area (Å²) in [6.07, 6.45) is 1.94. The molecule has 1 aromatic carbocycles. The molecule has 0 aliphatic carbocycles. The zero-order valence-electron chi connectivity index (χ0n) is 14.2. The Hall–Kier alpha value is -2.16. The van der Waals surface area contributed by atoms with Gasteiger partial charge in [0.25, 0.3) is 0 Å². The quantitative estimate of drug-likeness (QED) is 0.685. The first-order valence-corrected chi connectivity index (χ1v) is 8.01. The van der Waals surface area contributed by atoms with Crippen molar-refractivity contribution in [2.45, 2.75) is 47.1 Å². The molecular weight excluding hydrogens is 270 g/mol. The van der Waals surface area contributed by atoms with E-state index in [4.69, 9.17) is 0 Å². The molecule has 3 aromatic rings. The molecule has 0 atom stereocenters. The number of nitrogens with zero attached hydrogens (tertiary/aromatic N) is 3. The fraction of sp³-hybridized carbons (Fsp3) is 0.368. The average Bonchev–Trinajstić information content (AvgIpc) is 2.91. The van der Waals surface area contributed by atoms with Crippen LogP contribution in [0, 0.1) is 6.92 Å². The summed E-state index contributed by atoms with van der Waals surface area (Å²) in [7, 11) is 0. The Morgan fingerprint density at radius 3 is 2.55 bits per heavy atom. The lowest BCUT2D eigenvalue weighted by Gasteiger charge is -2.07. The zero-order valence-corrected chi connectivity index (χ0v) is 14.2. The standard InChI is InChI=1S/C17H19N3.C2H6/c1-12(2)14-7-8-17-15(9-14)10-18-20(17)11-16-6-4-5-13(3)19-16;1-2/h4-10,12H,11H2,1-3H3;1-2H3. The molecule has 22 heavy (non-hydrogen) atoms. The Morgan fingerprint density at radius 1 is 1.09 bits per heavy atom. The summed E-state index contributed by atoms with van der Waals surface area (Å²) in [5.41, 5.74) is 4.60. The first kappa shape index (κ1) is 16.2. The third-order valence-corrected chi connectivity index (χ3v) is 3.59. The van der Waals surface area contributed by atoms with Gasteiger partial charge in [-0.2, -0.15) is 5.10 Å². The first-order chi connectivity index (χ1) is 10.6. The Bertz CT molecular complexity index is 741. The molecular formula is C19H25N3. The van der Waals surface area contributed by atoms with Gasteiger partial charge in [0.15, 0.2) is 0 Å². The van der Waals surface area contributed by atoms with E-state index in [1.165, 1.54) is 10.9 Å². The van der Waals surface area contributed by atoms with E-state index in [0.717, 1.165) is 16.9 Å². The summed E-state index contributed by atoms with van der Waals surface area (Å²) in [4.78, 5) is 4.54. The fourth-order valence-electron chi connectivity index (χ4n) is 2.43. The first-order valence-electron chi connectivity index (χ1n) is 8.01. The summed E-state index contributed by atoms with van der Waals surface area (Å²) in [5, 5.41) is 5.70. The number of hydrogen-bond acceptors (Lipinski definition) is 2. The van der Waals surface area contributed by atoms with Crippen LogP contribution in [0.25, 0.3) is 10.9 Å². The van der Waals surface area contributed by atoms with Crippen LogP contribution in [0.5, 0.6) is 0 Å². The second kappa shape index (κ2) is 7.21. The topological polar surface area (TPSA) is 30.7 Å². The summed E-state index contributed by atoms with van der Waals surface area (Å²) >= 11 is 0. The maximum atomic E-state index is 4.54. The van der Waals surface area contributed by atoms with Crippen molar-refractivity contribution in [1.29, 1.82) is 0 Å². The van der Waals surface area contributed by atoms with Gasteiger partial charge in [-0.15, -0.1) is 0 Å². The van der Waals surface area contributed by atoms with Crippen LogP contribution in [0.1, 0.15) is 50.6 Å². The van der Waals surface area contributed by atoms with E-state index in [2.05, 4.69) is 42.1 Å². The van der Waals surface area contributed by atoms with Crippen molar-refractivity contribution in [1.82, 2.24) is 14.8 Å². The van der Waals surface area contributed by atoms with E-state index in [0.29, 0.717) is 12.5 Å². The molecule has 0 aliphatic heterocycles. The molecule has 116 valence electrons. The van der Waals surface area contributed by atoms with Crippen LogP contribution in [0.15, 0.2) is 42.6 Å². The fourth-order valence-corrected chi connectivity index (χ4v) is 2.43. The van der Waals surface area contributed by atoms with Crippen LogP contribution in [-0.4, -0.2) is 14.8 Å². The van der Waals surface area contributed by atoms with E-state index < -0.39 is 0 Å². The van der Waals surface area contributed by atoms with E-state index in [9.17, 15) is 0 Å². The molecule has 0 N–H and O–H groups in total. The number of aromatic nitrogens is 3. The van der Waals surface area contributed by atoms with Crippen LogP contribution >= 0.6 is 0 Å². The van der Waals surface area contributed by atoms with Crippen molar-refractivity contribution in [3.05, 3.63) is 59.5 Å². The zero-order chi connectivity index (χ0) is 16.1. The van der Waals surface area contributed by atoms with Gasteiger partial charge in [-0.05, 0) is 42.7 Å². The highest BCUT2D eigenvalue weighted by molar-refractivity contribution is 5.79. The van der Waals surface area contributed by atoms with E-state index in [1.54, 1.807) is 0 Å². The van der Waals surface area contributed by atoms with Crippen molar-refractivity contribution in [3.63, 3.8) is 0 Å². The third kappa shape index (κ3) is 3.53. The van der Waals surface area contributed by atoms with Gasteiger partial charge in [0.2, 0.25) is 0 Å². The van der Waals surface area contributed by atoms with Gasteiger partial charge in [-0.25, -0.2) is 0 Å². The van der Waals surface area contributed by atoms with Gasteiger partial charge in [-0.3, -0.25) is 9.67 Å². The van der Waals surface area contributed by atoms with Gasteiger partial charge < -0.3 is 0 Å². The molecule has 0 bridgehead atoms. The van der Waals surface area contributed by atoms with Crippen LogP contribution < -0.4 is 0 Å². The lowest BCUT2D eigenvalue weighted by Crippen LogP contribution is -2.03. The van der Waals surface area contributed by atoms with Crippen molar-refractivity contribution in [2.75, 3.05) is 0 Å².